The van der Waals surface area contributed by atoms with Gasteiger partial charge in [-0.15, -0.1) is 11.3 Å². The molecule has 0 aliphatic rings. The van der Waals surface area contributed by atoms with Crippen molar-refractivity contribution in [3.8, 4) is 16.3 Å². The molecule has 0 aliphatic heterocycles. The number of sulfone groups is 1. The van der Waals surface area contributed by atoms with E-state index in [2.05, 4.69) is 4.98 Å². The molecule has 142 valence electrons. The number of benzene rings is 2. The second kappa shape index (κ2) is 9.15. The van der Waals surface area contributed by atoms with Crippen LogP contribution in [0, 0.1) is 0 Å². The largest absolute Gasteiger partial charge is 0.494 e. The van der Waals surface area contributed by atoms with Gasteiger partial charge in [0.1, 0.15) is 10.8 Å². The highest BCUT2D eigenvalue weighted by Crippen LogP contribution is 2.26. The third-order valence-electron chi connectivity index (χ3n) is 4.10. The fourth-order valence-corrected chi connectivity index (χ4v) is 5.06. The van der Waals surface area contributed by atoms with Gasteiger partial charge in [-0.3, -0.25) is 0 Å². The summed E-state index contributed by atoms with van der Waals surface area (Å²) in [5.41, 5.74) is 2.75. The summed E-state index contributed by atoms with van der Waals surface area (Å²) in [6.45, 7) is 2.57. The zero-order valence-electron chi connectivity index (χ0n) is 15.3. The number of aromatic nitrogens is 1. The summed E-state index contributed by atoms with van der Waals surface area (Å²) in [6.07, 6.45) is 1.40. The Labute approximate surface area is 164 Å². The lowest BCUT2D eigenvalue weighted by molar-refractivity contribution is 0.340. The Bertz CT molecular complexity index is 949. The van der Waals surface area contributed by atoms with E-state index in [0.717, 1.165) is 22.7 Å². The fourth-order valence-electron chi connectivity index (χ4n) is 2.80. The zero-order valence-corrected chi connectivity index (χ0v) is 16.9. The van der Waals surface area contributed by atoms with Crippen LogP contribution in [0.4, 0.5) is 0 Å². The van der Waals surface area contributed by atoms with Crippen LogP contribution < -0.4 is 4.74 Å². The van der Waals surface area contributed by atoms with Gasteiger partial charge in [-0.25, -0.2) is 13.4 Å². The second-order valence-electron chi connectivity index (χ2n) is 6.28. The van der Waals surface area contributed by atoms with Crippen molar-refractivity contribution in [3.05, 3.63) is 71.2 Å². The number of thiazole rings is 1. The van der Waals surface area contributed by atoms with Gasteiger partial charge in [-0.2, -0.15) is 0 Å². The maximum absolute atomic E-state index is 12.4. The van der Waals surface area contributed by atoms with E-state index >= 15 is 0 Å². The van der Waals surface area contributed by atoms with E-state index in [-0.39, 0.29) is 11.5 Å². The summed E-state index contributed by atoms with van der Waals surface area (Å²) in [6, 6.07) is 17.7. The highest BCUT2D eigenvalue weighted by molar-refractivity contribution is 7.90. The van der Waals surface area contributed by atoms with Crippen LogP contribution in [0.25, 0.3) is 10.6 Å². The fraction of sp³-hybridized carbons (Fsp3) is 0.286. The van der Waals surface area contributed by atoms with Crippen LogP contribution in [0.2, 0.25) is 0 Å². The number of ether oxygens (including phenoxy) is 1. The average molecular weight is 402 g/mol. The molecule has 1 heterocycles. The molecule has 2 aromatic carbocycles. The first kappa shape index (κ1) is 19.6. The molecule has 6 heteroatoms. The van der Waals surface area contributed by atoms with E-state index in [9.17, 15) is 8.42 Å². The smallest absolute Gasteiger partial charge is 0.156 e. The summed E-state index contributed by atoms with van der Waals surface area (Å²) in [5.74, 6) is 0.992. The molecule has 0 N–H and O–H groups in total. The molecule has 27 heavy (non-hydrogen) atoms. The van der Waals surface area contributed by atoms with Crippen molar-refractivity contribution < 1.29 is 13.2 Å². The van der Waals surface area contributed by atoms with Crippen molar-refractivity contribution in [1.82, 2.24) is 4.98 Å². The molecule has 0 bridgehead atoms. The van der Waals surface area contributed by atoms with Gasteiger partial charge in [0, 0.05) is 10.9 Å². The molecule has 0 radical (unpaired) electrons. The predicted octanol–water partition coefficient (Wildman–Crippen LogP) is 4.76. The maximum atomic E-state index is 12.4. The maximum Gasteiger partial charge on any atom is 0.156 e. The number of rotatable bonds is 9. The van der Waals surface area contributed by atoms with Crippen molar-refractivity contribution in [2.75, 3.05) is 12.4 Å². The van der Waals surface area contributed by atoms with Gasteiger partial charge in [-0.1, -0.05) is 30.3 Å². The molecular formula is C21H23NO3S2. The van der Waals surface area contributed by atoms with Gasteiger partial charge in [-0.05, 0) is 49.6 Å². The van der Waals surface area contributed by atoms with Crippen LogP contribution in [0.3, 0.4) is 0 Å². The minimum absolute atomic E-state index is 0.00464. The minimum Gasteiger partial charge on any atom is -0.494 e. The first-order valence-electron chi connectivity index (χ1n) is 8.98. The molecular weight excluding hydrogens is 378 g/mol. The molecule has 1 aromatic heterocycles. The van der Waals surface area contributed by atoms with Crippen LogP contribution in [-0.2, 0) is 22.0 Å². The van der Waals surface area contributed by atoms with Gasteiger partial charge in [0.25, 0.3) is 0 Å². The zero-order chi connectivity index (χ0) is 19.1. The standard InChI is InChI=1S/C21H23NO3S2/c1-2-25-20-12-10-18(11-13-20)21-22-19(15-26-21)16-27(23,24)14-6-9-17-7-4-3-5-8-17/h3-5,7-8,10-13,15H,2,6,9,14,16H2,1H3. The van der Waals surface area contributed by atoms with E-state index < -0.39 is 9.84 Å². The average Bonchev–Trinajstić information content (AvgIpc) is 3.11. The third-order valence-corrected chi connectivity index (χ3v) is 6.68. The third kappa shape index (κ3) is 5.91. The molecule has 4 nitrogen and oxygen atoms in total. The normalized spacial score (nSPS) is 11.4. The Hall–Kier alpha value is -2.18. The SMILES string of the molecule is CCOc1ccc(-c2nc(CS(=O)(=O)CCCc3ccccc3)cs2)cc1. The first-order chi connectivity index (χ1) is 13.1. The number of nitrogens with zero attached hydrogens (tertiary/aromatic N) is 1. The molecule has 0 atom stereocenters. The van der Waals surface area contributed by atoms with E-state index in [1.54, 1.807) is 0 Å². The second-order valence-corrected chi connectivity index (χ2v) is 9.32. The molecule has 0 saturated heterocycles. The van der Waals surface area contributed by atoms with Gasteiger partial charge in [0.05, 0.1) is 23.8 Å². The summed E-state index contributed by atoms with van der Waals surface area (Å²) < 4.78 is 30.2. The molecule has 0 spiro atoms. The molecule has 0 amide bonds. The van der Waals surface area contributed by atoms with E-state index in [0.29, 0.717) is 18.7 Å². The number of hydrogen-bond donors (Lipinski definition) is 0. The van der Waals surface area contributed by atoms with Gasteiger partial charge in [0.15, 0.2) is 9.84 Å². The number of hydrogen-bond acceptors (Lipinski definition) is 5. The topological polar surface area (TPSA) is 56.3 Å². The molecule has 0 saturated carbocycles. The summed E-state index contributed by atoms with van der Waals surface area (Å²) in [4.78, 5) is 4.51. The Morgan fingerprint density at radius 2 is 1.78 bits per heavy atom. The Morgan fingerprint density at radius 3 is 2.48 bits per heavy atom. The van der Waals surface area contributed by atoms with Gasteiger partial charge < -0.3 is 4.74 Å². The molecule has 3 aromatic rings. The van der Waals surface area contributed by atoms with E-state index in [4.69, 9.17) is 4.74 Å². The van der Waals surface area contributed by atoms with Crippen LogP contribution in [0.1, 0.15) is 24.6 Å². The van der Waals surface area contributed by atoms with E-state index in [1.807, 2.05) is 66.9 Å². The molecule has 3 rings (SSSR count). The molecule has 0 unspecified atom stereocenters. The number of aryl methyl sites for hydroxylation is 1. The molecule has 0 aliphatic carbocycles. The Morgan fingerprint density at radius 1 is 1.04 bits per heavy atom. The quantitative estimate of drug-likeness (QED) is 0.519. The van der Waals surface area contributed by atoms with Crippen molar-refractivity contribution >= 4 is 21.2 Å². The van der Waals surface area contributed by atoms with Crippen molar-refractivity contribution in [2.45, 2.75) is 25.5 Å². The lowest BCUT2D eigenvalue weighted by Gasteiger charge is -2.04. The van der Waals surface area contributed by atoms with Gasteiger partial charge in [0.2, 0.25) is 0 Å². The first-order valence-corrected chi connectivity index (χ1v) is 11.7. The predicted molar refractivity (Wildman–Crippen MR) is 111 cm³/mol. The highest BCUT2D eigenvalue weighted by atomic mass is 32.2. The highest BCUT2D eigenvalue weighted by Gasteiger charge is 2.15. The van der Waals surface area contributed by atoms with Crippen molar-refractivity contribution in [3.63, 3.8) is 0 Å². The van der Waals surface area contributed by atoms with Crippen LogP contribution in [0.15, 0.2) is 60.0 Å². The summed E-state index contributed by atoms with van der Waals surface area (Å²) >= 11 is 1.47. The van der Waals surface area contributed by atoms with Crippen LogP contribution >= 0.6 is 11.3 Å². The summed E-state index contributed by atoms with van der Waals surface area (Å²) in [5, 5.41) is 2.66. The Balaban J connectivity index is 1.57. The summed E-state index contributed by atoms with van der Waals surface area (Å²) in [7, 11) is -3.16. The molecule has 0 fully saturated rings. The van der Waals surface area contributed by atoms with Crippen molar-refractivity contribution in [2.24, 2.45) is 0 Å². The van der Waals surface area contributed by atoms with Gasteiger partial charge >= 0.3 is 0 Å². The van der Waals surface area contributed by atoms with Crippen molar-refractivity contribution in [1.29, 1.82) is 0 Å². The monoisotopic (exact) mass is 401 g/mol. The van der Waals surface area contributed by atoms with Crippen LogP contribution in [-0.4, -0.2) is 25.8 Å². The Kier molecular flexibility index (Phi) is 6.63. The lowest BCUT2D eigenvalue weighted by Crippen LogP contribution is -2.10. The minimum atomic E-state index is -3.16. The van der Waals surface area contributed by atoms with Crippen LogP contribution in [0.5, 0.6) is 5.75 Å². The lowest BCUT2D eigenvalue weighted by atomic mass is 10.1. The van der Waals surface area contributed by atoms with E-state index in [1.165, 1.54) is 16.9 Å².